The first-order valence-electron chi connectivity index (χ1n) is 7.11. The lowest BCUT2D eigenvalue weighted by molar-refractivity contribution is -0.116. The molecule has 0 aliphatic carbocycles. The molecule has 2 aromatic heterocycles. The quantitative estimate of drug-likeness (QED) is 0.723. The molecule has 0 saturated heterocycles. The van der Waals surface area contributed by atoms with Gasteiger partial charge in [-0.2, -0.15) is 5.10 Å². The molecule has 2 aromatic rings. The number of carbonyl (C=O) groups excluding carboxylic acids is 1. The average molecular weight is 325 g/mol. The summed E-state index contributed by atoms with van der Waals surface area (Å²) in [4.78, 5) is 20.0. The van der Waals surface area contributed by atoms with Crippen LogP contribution < -0.4 is 11.1 Å². The molecular formula is C14H21ClN6O. The summed E-state index contributed by atoms with van der Waals surface area (Å²) in [6.07, 6.45) is 11.1. The van der Waals surface area contributed by atoms with E-state index in [1.54, 1.807) is 30.9 Å². The van der Waals surface area contributed by atoms with Crippen molar-refractivity contribution in [1.82, 2.24) is 19.7 Å². The highest BCUT2D eigenvalue weighted by molar-refractivity contribution is 5.90. The van der Waals surface area contributed by atoms with Crippen LogP contribution in [0.25, 0.3) is 5.95 Å². The fourth-order valence-corrected chi connectivity index (χ4v) is 1.91. The summed E-state index contributed by atoms with van der Waals surface area (Å²) in [5.74, 6) is 0.469. The molecule has 0 saturated carbocycles. The minimum Gasteiger partial charge on any atom is -0.330 e. The van der Waals surface area contributed by atoms with Crippen LogP contribution in [0.5, 0.6) is 0 Å². The van der Waals surface area contributed by atoms with E-state index >= 15 is 0 Å². The Balaban J connectivity index is 0.00000242. The molecule has 22 heavy (non-hydrogen) atoms. The van der Waals surface area contributed by atoms with Gasteiger partial charge >= 0.3 is 0 Å². The predicted molar refractivity (Wildman–Crippen MR) is 87.2 cm³/mol. The predicted octanol–water partition coefficient (Wildman–Crippen LogP) is 1.93. The van der Waals surface area contributed by atoms with E-state index in [0.717, 1.165) is 25.7 Å². The van der Waals surface area contributed by atoms with E-state index in [4.69, 9.17) is 5.73 Å². The number of halogens is 1. The van der Waals surface area contributed by atoms with Crippen molar-refractivity contribution in [1.29, 1.82) is 0 Å². The van der Waals surface area contributed by atoms with Crippen LogP contribution in [-0.4, -0.2) is 32.2 Å². The lowest BCUT2D eigenvalue weighted by Crippen LogP contribution is -2.10. The van der Waals surface area contributed by atoms with Crippen molar-refractivity contribution >= 4 is 24.0 Å². The normalized spacial score (nSPS) is 10.0. The van der Waals surface area contributed by atoms with Crippen molar-refractivity contribution in [3.8, 4) is 5.95 Å². The number of unbranched alkanes of at least 4 members (excludes halogenated alkanes) is 3. The molecule has 0 atom stereocenters. The summed E-state index contributed by atoms with van der Waals surface area (Å²) < 4.78 is 1.52. The van der Waals surface area contributed by atoms with Crippen molar-refractivity contribution in [3.05, 3.63) is 30.9 Å². The van der Waals surface area contributed by atoms with Crippen molar-refractivity contribution in [2.75, 3.05) is 11.9 Å². The molecule has 0 aliphatic heterocycles. The smallest absolute Gasteiger partial charge is 0.250 e. The van der Waals surface area contributed by atoms with Gasteiger partial charge in [-0.3, -0.25) is 4.79 Å². The highest BCUT2D eigenvalue weighted by Crippen LogP contribution is 2.09. The van der Waals surface area contributed by atoms with E-state index in [0.29, 0.717) is 24.6 Å². The largest absolute Gasteiger partial charge is 0.330 e. The number of hydrogen-bond acceptors (Lipinski definition) is 5. The fourth-order valence-electron chi connectivity index (χ4n) is 1.91. The van der Waals surface area contributed by atoms with Gasteiger partial charge in [0, 0.05) is 18.8 Å². The molecule has 120 valence electrons. The molecule has 0 fully saturated rings. The highest BCUT2D eigenvalue weighted by atomic mass is 35.5. The summed E-state index contributed by atoms with van der Waals surface area (Å²) in [7, 11) is 0. The van der Waals surface area contributed by atoms with Gasteiger partial charge < -0.3 is 11.1 Å². The van der Waals surface area contributed by atoms with Crippen molar-refractivity contribution < 1.29 is 4.79 Å². The van der Waals surface area contributed by atoms with Gasteiger partial charge in [-0.25, -0.2) is 14.6 Å². The molecule has 0 aromatic carbocycles. The van der Waals surface area contributed by atoms with E-state index in [1.807, 2.05) is 0 Å². The Morgan fingerprint density at radius 1 is 1.18 bits per heavy atom. The van der Waals surface area contributed by atoms with Gasteiger partial charge in [0.05, 0.1) is 18.1 Å². The number of rotatable bonds is 8. The summed E-state index contributed by atoms with van der Waals surface area (Å²) >= 11 is 0. The first kappa shape index (κ1) is 18.1. The standard InChI is InChI=1S/C14H20N6O.ClH/c15-7-4-2-1-3-6-13(21)19-12-10-18-20(11-12)14-16-8-5-9-17-14;/h5,8-11H,1-4,6-7,15H2,(H,19,21);1H. The Morgan fingerprint density at radius 3 is 2.64 bits per heavy atom. The van der Waals surface area contributed by atoms with Gasteiger partial charge in [-0.15, -0.1) is 12.4 Å². The summed E-state index contributed by atoms with van der Waals surface area (Å²) in [5.41, 5.74) is 6.07. The first-order chi connectivity index (χ1) is 10.3. The Morgan fingerprint density at radius 2 is 1.91 bits per heavy atom. The van der Waals surface area contributed by atoms with Gasteiger partial charge in [0.25, 0.3) is 0 Å². The summed E-state index contributed by atoms with van der Waals surface area (Å²) in [6, 6.07) is 1.74. The Hall–Kier alpha value is -1.99. The second kappa shape index (κ2) is 9.86. The third-order valence-corrected chi connectivity index (χ3v) is 2.98. The molecule has 2 heterocycles. The maximum atomic E-state index is 11.8. The van der Waals surface area contributed by atoms with Gasteiger partial charge in [0.2, 0.25) is 11.9 Å². The number of nitrogens with two attached hydrogens (primary N) is 1. The van der Waals surface area contributed by atoms with E-state index in [2.05, 4.69) is 20.4 Å². The molecule has 0 spiro atoms. The van der Waals surface area contributed by atoms with Crippen molar-refractivity contribution in [2.24, 2.45) is 5.73 Å². The Kier molecular flexibility index (Phi) is 8.09. The lowest BCUT2D eigenvalue weighted by Gasteiger charge is -2.02. The van der Waals surface area contributed by atoms with Gasteiger partial charge in [0.15, 0.2) is 0 Å². The van der Waals surface area contributed by atoms with Crippen LogP contribution in [0.1, 0.15) is 32.1 Å². The molecule has 0 unspecified atom stereocenters. The zero-order chi connectivity index (χ0) is 14.9. The topological polar surface area (TPSA) is 98.7 Å². The molecule has 8 heteroatoms. The van der Waals surface area contributed by atoms with Gasteiger partial charge in [0.1, 0.15) is 0 Å². The van der Waals surface area contributed by atoms with E-state index in [-0.39, 0.29) is 18.3 Å². The van der Waals surface area contributed by atoms with Crippen LogP contribution in [0.3, 0.4) is 0 Å². The molecule has 2 rings (SSSR count). The first-order valence-corrected chi connectivity index (χ1v) is 7.11. The summed E-state index contributed by atoms with van der Waals surface area (Å²) in [5, 5.41) is 6.94. The third kappa shape index (κ3) is 5.79. The molecule has 1 amide bonds. The third-order valence-electron chi connectivity index (χ3n) is 2.98. The molecule has 3 N–H and O–H groups in total. The number of aromatic nitrogens is 4. The molecular weight excluding hydrogens is 304 g/mol. The molecule has 0 radical (unpaired) electrons. The number of amides is 1. The van der Waals surface area contributed by atoms with Crippen LogP contribution >= 0.6 is 12.4 Å². The number of nitrogens with zero attached hydrogens (tertiary/aromatic N) is 4. The molecule has 7 nitrogen and oxygen atoms in total. The second-order valence-corrected chi connectivity index (χ2v) is 4.72. The Labute approximate surface area is 135 Å². The number of hydrogen-bond donors (Lipinski definition) is 2. The minimum atomic E-state index is -0.00345. The van der Waals surface area contributed by atoms with E-state index in [9.17, 15) is 4.79 Å². The highest BCUT2D eigenvalue weighted by Gasteiger charge is 2.06. The second-order valence-electron chi connectivity index (χ2n) is 4.72. The number of carbonyl (C=O) groups is 1. The fraction of sp³-hybridized carbons (Fsp3) is 0.429. The Bertz CT molecular complexity index is 559. The minimum absolute atomic E-state index is 0. The molecule has 0 aliphatic rings. The maximum absolute atomic E-state index is 11.8. The van der Waals surface area contributed by atoms with Crippen LogP contribution in [-0.2, 0) is 4.79 Å². The summed E-state index contributed by atoms with van der Waals surface area (Å²) in [6.45, 7) is 0.715. The zero-order valence-corrected chi connectivity index (χ0v) is 13.1. The lowest BCUT2D eigenvalue weighted by atomic mass is 10.1. The van der Waals surface area contributed by atoms with Crippen LogP contribution in [0.15, 0.2) is 30.9 Å². The van der Waals surface area contributed by atoms with Gasteiger partial charge in [-0.1, -0.05) is 12.8 Å². The monoisotopic (exact) mass is 324 g/mol. The number of nitrogens with one attached hydrogen (secondary N) is 1. The van der Waals surface area contributed by atoms with E-state index < -0.39 is 0 Å². The van der Waals surface area contributed by atoms with Crippen LogP contribution in [0.2, 0.25) is 0 Å². The van der Waals surface area contributed by atoms with E-state index in [1.165, 1.54) is 4.68 Å². The SMILES string of the molecule is Cl.NCCCCCCC(=O)Nc1cnn(-c2ncccn2)c1. The average Bonchev–Trinajstić information content (AvgIpc) is 2.96. The van der Waals surface area contributed by atoms with Gasteiger partial charge in [-0.05, 0) is 25.5 Å². The van der Waals surface area contributed by atoms with Crippen molar-refractivity contribution in [3.63, 3.8) is 0 Å². The zero-order valence-electron chi connectivity index (χ0n) is 12.3. The van der Waals surface area contributed by atoms with Crippen LogP contribution in [0.4, 0.5) is 5.69 Å². The maximum Gasteiger partial charge on any atom is 0.250 e. The van der Waals surface area contributed by atoms with Crippen molar-refractivity contribution in [2.45, 2.75) is 32.1 Å². The molecule has 0 bridgehead atoms. The number of anilines is 1. The van der Waals surface area contributed by atoms with Crippen LogP contribution in [0, 0.1) is 0 Å².